The van der Waals surface area contributed by atoms with Crippen molar-refractivity contribution in [3.05, 3.63) is 29.8 Å². The Kier molecular flexibility index (Phi) is 5.44. The van der Waals surface area contributed by atoms with E-state index in [1.165, 1.54) is 12.0 Å². The predicted molar refractivity (Wildman–Crippen MR) is 84.1 cm³/mol. The number of ether oxygens (including phenoxy) is 1. The van der Waals surface area contributed by atoms with E-state index in [0.29, 0.717) is 18.0 Å². The van der Waals surface area contributed by atoms with Crippen molar-refractivity contribution in [3.8, 4) is 5.75 Å². The first kappa shape index (κ1) is 15.3. The first-order valence-corrected chi connectivity index (χ1v) is 7.76. The molecule has 0 aromatic heterocycles. The Morgan fingerprint density at radius 3 is 2.65 bits per heavy atom. The van der Waals surface area contributed by atoms with E-state index >= 15 is 0 Å². The highest BCUT2D eigenvalue weighted by Crippen LogP contribution is 2.22. The molecule has 0 aliphatic carbocycles. The van der Waals surface area contributed by atoms with Crippen LogP contribution in [0, 0.1) is 5.92 Å². The maximum atomic E-state index is 6.20. The van der Waals surface area contributed by atoms with Gasteiger partial charge in [0.1, 0.15) is 5.75 Å². The van der Waals surface area contributed by atoms with Crippen LogP contribution in [0.5, 0.6) is 5.75 Å². The molecule has 20 heavy (non-hydrogen) atoms. The van der Waals surface area contributed by atoms with Gasteiger partial charge in [-0.05, 0) is 49.9 Å². The number of methoxy groups -OCH3 is 1. The second kappa shape index (κ2) is 7.09. The first-order valence-electron chi connectivity index (χ1n) is 7.76. The van der Waals surface area contributed by atoms with Crippen molar-refractivity contribution in [2.75, 3.05) is 20.2 Å². The molecular weight excluding hydrogens is 248 g/mol. The summed E-state index contributed by atoms with van der Waals surface area (Å²) in [6.45, 7) is 6.86. The first-order chi connectivity index (χ1) is 9.63. The Labute approximate surface area is 123 Å². The monoisotopic (exact) mass is 276 g/mol. The maximum Gasteiger partial charge on any atom is 0.118 e. The molecule has 1 heterocycles. The molecule has 1 aliphatic heterocycles. The Morgan fingerprint density at radius 2 is 2.05 bits per heavy atom. The van der Waals surface area contributed by atoms with Crippen molar-refractivity contribution < 1.29 is 4.74 Å². The summed E-state index contributed by atoms with van der Waals surface area (Å²) in [7, 11) is 1.71. The zero-order valence-corrected chi connectivity index (χ0v) is 13.0. The van der Waals surface area contributed by atoms with Gasteiger partial charge in [-0.3, -0.25) is 4.90 Å². The molecule has 1 fully saturated rings. The molecule has 0 radical (unpaired) electrons. The minimum Gasteiger partial charge on any atom is -0.497 e. The number of benzene rings is 1. The second-order valence-electron chi connectivity index (χ2n) is 6.02. The third kappa shape index (κ3) is 3.74. The summed E-state index contributed by atoms with van der Waals surface area (Å²) in [5.41, 5.74) is 7.57. The van der Waals surface area contributed by atoms with Crippen LogP contribution < -0.4 is 10.5 Å². The zero-order chi connectivity index (χ0) is 14.5. The van der Waals surface area contributed by atoms with Crippen LogP contribution in [0.1, 0.15) is 32.3 Å². The molecule has 3 heteroatoms. The van der Waals surface area contributed by atoms with Crippen molar-refractivity contribution in [2.24, 2.45) is 11.7 Å². The fraction of sp³-hybridized carbons (Fsp3) is 0.647. The highest BCUT2D eigenvalue weighted by molar-refractivity contribution is 5.27. The number of likely N-dealkylation sites (tertiary alicyclic amines) is 1. The van der Waals surface area contributed by atoms with Gasteiger partial charge in [0, 0.05) is 18.6 Å². The van der Waals surface area contributed by atoms with Crippen molar-refractivity contribution in [3.63, 3.8) is 0 Å². The van der Waals surface area contributed by atoms with Crippen molar-refractivity contribution >= 4 is 0 Å². The maximum absolute atomic E-state index is 6.20. The van der Waals surface area contributed by atoms with Crippen LogP contribution in [0.2, 0.25) is 0 Å². The summed E-state index contributed by atoms with van der Waals surface area (Å²) in [5, 5.41) is 0. The number of piperidine rings is 1. The van der Waals surface area contributed by atoms with Crippen LogP contribution in [0.15, 0.2) is 24.3 Å². The van der Waals surface area contributed by atoms with Crippen LogP contribution in [0.3, 0.4) is 0 Å². The molecule has 0 spiro atoms. The lowest BCUT2D eigenvalue weighted by Gasteiger charge is -2.40. The molecule has 0 amide bonds. The SMILES string of the molecule is CCC1CN(C(C)Cc2ccc(OC)cc2)CCC1N. The van der Waals surface area contributed by atoms with E-state index in [1.807, 2.05) is 12.1 Å². The lowest BCUT2D eigenvalue weighted by atomic mass is 9.89. The van der Waals surface area contributed by atoms with E-state index in [1.54, 1.807) is 7.11 Å². The zero-order valence-electron chi connectivity index (χ0n) is 13.0. The Morgan fingerprint density at radius 1 is 1.35 bits per heavy atom. The molecule has 112 valence electrons. The highest BCUT2D eigenvalue weighted by Gasteiger charge is 2.27. The summed E-state index contributed by atoms with van der Waals surface area (Å²) in [6, 6.07) is 9.39. The third-order valence-electron chi connectivity index (χ3n) is 4.66. The molecule has 0 bridgehead atoms. The molecule has 1 saturated heterocycles. The fourth-order valence-corrected chi connectivity index (χ4v) is 3.14. The smallest absolute Gasteiger partial charge is 0.118 e. The summed E-state index contributed by atoms with van der Waals surface area (Å²) >= 11 is 0. The van der Waals surface area contributed by atoms with Crippen LogP contribution in [-0.2, 0) is 6.42 Å². The Hall–Kier alpha value is -1.06. The van der Waals surface area contributed by atoms with Gasteiger partial charge in [-0.1, -0.05) is 25.5 Å². The normalized spacial score (nSPS) is 25.4. The molecule has 1 aromatic rings. The van der Waals surface area contributed by atoms with Crippen LogP contribution in [0.4, 0.5) is 0 Å². The van der Waals surface area contributed by atoms with Crippen molar-refractivity contribution in [1.29, 1.82) is 0 Å². The summed E-state index contributed by atoms with van der Waals surface area (Å²) < 4.78 is 5.21. The van der Waals surface area contributed by atoms with Gasteiger partial charge in [0.25, 0.3) is 0 Å². The number of nitrogens with zero attached hydrogens (tertiary/aromatic N) is 1. The van der Waals surface area contributed by atoms with E-state index in [9.17, 15) is 0 Å². The summed E-state index contributed by atoms with van der Waals surface area (Å²) in [4.78, 5) is 2.60. The average molecular weight is 276 g/mol. The van der Waals surface area contributed by atoms with Gasteiger partial charge in [0.15, 0.2) is 0 Å². The molecule has 3 atom stereocenters. The van der Waals surface area contributed by atoms with Gasteiger partial charge in [-0.2, -0.15) is 0 Å². The minimum absolute atomic E-state index is 0.393. The number of rotatable bonds is 5. The lowest BCUT2D eigenvalue weighted by molar-refractivity contribution is 0.114. The largest absolute Gasteiger partial charge is 0.497 e. The van der Waals surface area contributed by atoms with Gasteiger partial charge < -0.3 is 10.5 Å². The Bertz CT molecular complexity index is 404. The van der Waals surface area contributed by atoms with Gasteiger partial charge in [-0.15, -0.1) is 0 Å². The summed E-state index contributed by atoms with van der Waals surface area (Å²) in [5.74, 6) is 1.58. The molecule has 1 aliphatic rings. The van der Waals surface area contributed by atoms with Gasteiger partial charge in [0.05, 0.1) is 7.11 Å². The van der Waals surface area contributed by atoms with Crippen molar-refractivity contribution in [1.82, 2.24) is 4.90 Å². The molecule has 3 nitrogen and oxygen atoms in total. The van der Waals surface area contributed by atoms with E-state index in [-0.39, 0.29) is 0 Å². The number of nitrogens with two attached hydrogens (primary N) is 1. The number of hydrogen-bond acceptors (Lipinski definition) is 3. The van der Waals surface area contributed by atoms with Crippen molar-refractivity contribution in [2.45, 2.75) is 45.2 Å². The predicted octanol–water partition coefficient (Wildman–Crippen LogP) is 2.69. The molecule has 0 saturated carbocycles. The average Bonchev–Trinajstić information content (AvgIpc) is 2.48. The number of hydrogen-bond donors (Lipinski definition) is 1. The standard InChI is InChI=1S/C17H28N2O/c1-4-15-12-19(10-9-17(15)18)13(2)11-14-5-7-16(20-3)8-6-14/h5-8,13,15,17H,4,9-12,18H2,1-3H3. The Balaban J connectivity index is 1.92. The lowest BCUT2D eigenvalue weighted by Crippen LogP contribution is -2.50. The topological polar surface area (TPSA) is 38.5 Å². The fourth-order valence-electron chi connectivity index (χ4n) is 3.14. The molecule has 3 unspecified atom stereocenters. The van der Waals surface area contributed by atoms with E-state index in [0.717, 1.165) is 31.7 Å². The quantitative estimate of drug-likeness (QED) is 0.898. The third-order valence-corrected chi connectivity index (χ3v) is 4.66. The van der Waals surface area contributed by atoms with Crippen LogP contribution >= 0.6 is 0 Å². The van der Waals surface area contributed by atoms with Crippen LogP contribution in [-0.4, -0.2) is 37.2 Å². The second-order valence-corrected chi connectivity index (χ2v) is 6.02. The minimum atomic E-state index is 0.393. The van der Waals surface area contributed by atoms with Gasteiger partial charge >= 0.3 is 0 Å². The molecule has 2 rings (SSSR count). The van der Waals surface area contributed by atoms with Crippen LogP contribution in [0.25, 0.3) is 0 Å². The molecule has 2 N–H and O–H groups in total. The van der Waals surface area contributed by atoms with E-state index in [2.05, 4.69) is 30.9 Å². The summed E-state index contributed by atoms with van der Waals surface area (Å²) in [6.07, 6.45) is 3.41. The van der Waals surface area contributed by atoms with E-state index in [4.69, 9.17) is 10.5 Å². The molecule has 1 aromatic carbocycles. The molecular formula is C17H28N2O. The van der Waals surface area contributed by atoms with Gasteiger partial charge in [0.2, 0.25) is 0 Å². The highest BCUT2D eigenvalue weighted by atomic mass is 16.5. The van der Waals surface area contributed by atoms with Gasteiger partial charge in [-0.25, -0.2) is 0 Å². The van der Waals surface area contributed by atoms with E-state index < -0.39 is 0 Å².